The molecule has 25 heavy (non-hydrogen) atoms. The number of rotatable bonds is 2. The summed E-state index contributed by atoms with van der Waals surface area (Å²) in [6.45, 7) is 5.06. The molecule has 0 radical (unpaired) electrons. The zero-order valence-electron chi connectivity index (χ0n) is 15.0. The van der Waals surface area contributed by atoms with Crippen molar-refractivity contribution in [3.05, 3.63) is 0 Å². The topological polar surface area (TPSA) is 114 Å². The summed E-state index contributed by atoms with van der Waals surface area (Å²) >= 11 is 0. The van der Waals surface area contributed by atoms with Crippen LogP contribution in [0, 0.1) is 0 Å². The predicted molar refractivity (Wildman–Crippen MR) is 86.5 cm³/mol. The van der Waals surface area contributed by atoms with E-state index < -0.39 is 41.7 Å². The third-order valence-corrected chi connectivity index (χ3v) is 4.13. The van der Waals surface area contributed by atoms with E-state index in [4.69, 9.17) is 9.47 Å². The second kappa shape index (κ2) is 7.28. The summed E-state index contributed by atoms with van der Waals surface area (Å²) in [6, 6.07) is -2.58. The highest BCUT2D eigenvalue weighted by Crippen LogP contribution is 2.26. The van der Waals surface area contributed by atoms with Crippen molar-refractivity contribution in [1.82, 2.24) is 15.5 Å². The quantitative estimate of drug-likeness (QED) is 0.671. The number of nitrogens with one attached hydrogen (secondary N) is 2. The van der Waals surface area contributed by atoms with Gasteiger partial charge in [-0.2, -0.15) is 0 Å². The Balaban J connectivity index is 2.21. The number of methoxy groups -OCH3 is 1. The van der Waals surface area contributed by atoms with Crippen LogP contribution >= 0.6 is 0 Å². The van der Waals surface area contributed by atoms with Gasteiger partial charge in [0, 0.05) is 6.54 Å². The molecular formula is C16H25N3O6. The average Bonchev–Trinajstić information content (AvgIpc) is 2.64. The molecule has 0 aromatic carbocycles. The number of piperidine rings is 1. The van der Waals surface area contributed by atoms with E-state index in [9.17, 15) is 19.2 Å². The molecule has 2 aliphatic rings. The lowest BCUT2D eigenvalue weighted by Crippen LogP contribution is -2.60. The lowest BCUT2D eigenvalue weighted by atomic mass is 9.94. The summed E-state index contributed by atoms with van der Waals surface area (Å²) in [5.41, 5.74) is -0.719. The first-order valence-corrected chi connectivity index (χ1v) is 8.31. The van der Waals surface area contributed by atoms with Crippen LogP contribution in [0.5, 0.6) is 0 Å². The van der Waals surface area contributed by atoms with E-state index in [0.29, 0.717) is 19.3 Å². The number of nitrogens with zero attached hydrogens (tertiary/aromatic N) is 1. The fraction of sp³-hybridized carbons (Fsp3) is 0.750. The van der Waals surface area contributed by atoms with E-state index in [1.54, 1.807) is 20.8 Å². The van der Waals surface area contributed by atoms with E-state index in [0.717, 1.165) is 0 Å². The Labute approximate surface area is 146 Å². The van der Waals surface area contributed by atoms with Gasteiger partial charge in [-0.25, -0.2) is 9.59 Å². The summed E-state index contributed by atoms with van der Waals surface area (Å²) in [4.78, 5) is 50.5. The van der Waals surface area contributed by atoms with Crippen molar-refractivity contribution >= 4 is 23.9 Å². The second-order valence-electron chi connectivity index (χ2n) is 7.18. The van der Waals surface area contributed by atoms with Crippen LogP contribution in [-0.2, 0) is 23.9 Å². The minimum Gasteiger partial charge on any atom is -0.467 e. The monoisotopic (exact) mass is 355 g/mol. The Morgan fingerprint density at radius 3 is 2.52 bits per heavy atom. The lowest BCUT2D eigenvalue weighted by molar-refractivity contribution is -0.159. The first-order chi connectivity index (χ1) is 11.6. The maximum absolute atomic E-state index is 12.9. The fourth-order valence-corrected chi connectivity index (χ4v) is 3.08. The van der Waals surface area contributed by atoms with Crippen molar-refractivity contribution < 1.29 is 28.7 Å². The molecule has 9 nitrogen and oxygen atoms in total. The number of alkyl carbamates (subject to hydrolysis) is 1. The van der Waals surface area contributed by atoms with Crippen LogP contribution < -0.4 is 10.6 Å². The largest absolute Gasteiger partial charge is 0.467 e. The number of carbonyl (C=O) groups is 4. The maximum Gasteiger partial charge on any atom is 0.408 e. The summed E-state index contributed by atoms with van der Waals surface area (Å²) in [6.07, 6.45) is 0.752. The molecule has 2 fully saturated rings. The molecule has 2 rings (SSSR count). The minimum absolute atomic E-state index is 0.0577. The van der Waals surface area contributed by atoms with Crippen molar-refractivity contribution in [3.8, 4) is 0 Å². The van der Waals surface area contributed by atoms with Crippen molar-refractivity contribution in [2.45, 2.75) is 63.8 Å². The molecular weight excluding hydrogens is 330 g/mol. The third-order valence-electron chi connectivity index (χ3n) is 4.13. The number of amides is 3. The molecule has 1 unspecified atom stereocenters. The molecule has 2 saturated heterocycles. The lowest BCUT2D eigenvalue weighted by Gasteiger charge is -2.39. The predicted octanol–water partition coefficient (Wildman–Crippen LogP) is -0.0678. The molecule has 0 aromatic rings. The second-order valence-corrected chi connectivity index (χ2v) is 7.18. The van der Waals surface area contributed by atoms with Gasteiger partial charge in [-0.1, -0.05) is 0 Å². The van der Waals surface area contributed by atoms with Crippen molar-refractivity contribution in [2.75, 3.05) is 13.7 Å². The van der Waals surface area contributed by atoms with Gasteiger partial charge >= 0.3 is 12.1 Å². The molecule has 2 heterocycles. The first-order valence-electron chi connectivity index (χ1n) is 8.31. The number of hydrogen-bond acceptors (Lipinski definition) is 6. The SMILES string of the molecule is COC(=O)[C@@H]1CCC[C@@H]2C(=O)NCC(NC(=O)OC(C)(C)C)C(=O)N21. The molecule has 0 spiro atoms. The van der Waals surface area contributed by atoms with E-state index in [1.165, 1.54) is 12.0 Å². The van der Waals surface area contributed by atoms with Gasteiger partial charge in [-0.15, -0.1) is 0 Å². The summed E-state index contributed by atoms with van der Waals surface area (Å²) in [7, 11) is 1.24. The summed E-state index contributed by atoms with van der Waals surface area (Å²) in [5.74, 6) is -1.40. The average molecular weight is 355 g/mol. The van der Waals surface area contributed by atoms with Gasteiger partial charge in [0.25, 0.3) is 0 Å². The van der Waals surface area contributed by atoms with E-state index >= 15 is 0 Å². The molecule has 3 amide bonds. The van der Waals surface area contributed by atoms with Gasteiger partial charge < -0.3 is 25.0 Å². The minimum atomic E-state index is -1.01. The van der Waals surface area contributed by atoms with Gasteiger partial charge in [0.05, 0.1) is 7.11 Å². The number of hydrogen-bond donors (Lipinski definition) is 2. The van der Waals surface area contributed by atoms with Gasteiger partial charge in [0.2, 0.25) is 11.8 Å². The Morgan fingerprint density at radius 2 is 1.92 bits per heavy atom. The highest BCUT2D eigenvalue weighted by Gasteiger charge is 2.46. The van der Waals surface area contributed by atoms with E-state index in [1.807, 2.05) is 0 Å². The standard InChI is InChI=1S/C16H25N3O6/c1-16(2,3)25-15(23)18-9-8-17-12(20)10-6-5-7-11(14(22)24-4)19(10)13(9)21/h9-11H,5-8H2,1-4H3,(H,17,20)(H,18,23)/t9?,10-,11+/m1/s1. The molecule has 0 aliphatic carbocycles. The van der Waals surface area contributed by atoms with Crippen LogP contribution in [0.4, 0.5) is 4.79 Å². The van der Waals surface area contributed by atoms with Crippen LogP contribution in [0.1, 0.15) is 40.0 Å². The summed E-state index contributed by atoms with van der Waals surface area (Å²) < 4.78 is 9.93. The molecule has 3 atom stereocenters. The van der Waals surface area contributed by atoms with Crippen LogP contribution in [0.2, 0.25) is 0 Å². The number of fused-ring (bicyclic) bond motifs is 1. The Kier molecular flexibility index (Phi) is 5.54. The smallest absolute Gasteiger partial charge is 0.408 e. The van der Waals surface area contributed by atoms with Crippen LogP contribution in [0.15, 0.2) is 0 Å². The molecule has 9 heteroatoms. The van der Waals surface area contributed by atoms with Gasteiger partial charge in [-0.3, -0.25) is 9.59 Å². The molecule has 0 aromatic heterocycles. The van der Waals surface area contributed by atoms with Crippen molar-refractivity contribution in [1.29, 1.82) is 0 Å². The highest BCUT2D eigenvalue weighted by molar-refractivity contribution is 5.97. The van der Waals surface area contributed by atoms with Crippen LogP contribution in [-0.4, -0.2) is 66.2 Å². The van der Waals surface area contributed by atoms with Crippen molar-refractivity contribution in [2.24, 2.45) is 0 Å². The number of esters is 1. The first kappa shape index (κ1) is 19.0. The Hall–Kier alpha value is -2.32. The molecule has 2 N–H and O–H groups in total. The fourth-order valence-electron chi connectivity index (χ4n) is 3.08. The van der Waals surface area contributed by atoms with E-state index in [-0.39, 0.29) is 12.5 Å². The van der Waals surface area contributed by atoms with Gasteiger partial charge in [0.15, 0.2) is 0 Å². The third kappa shape index (κ3) is 4.40. The molecule has 140 valence electrons. The number of carbonyl (C=O) groups excluding carboxylic acids is 4. The number of ether oxygens (including phenoxy) is 2. The maximum atomic E-state index is 12.9. The molecule has 0 bridgehead atoms. The van der Waals surface area contributed by atoms with Gasteiger partial charge in [0.1, 0.15) is 23.7 Å². The van der Waals surface area contributed by atoms with Crippen LogP contribution in [0.25, 0.3) is 0 Å². The Morgan fingerprint density at radius 1 is 1.24 bits per heavy atom. The highest BCUT2D eigenvalue weighted by atomic mass is 16.6. The molecule has 2 aliphatic heterocycles. The summed E-state index contributed by atoms with van der Waals surface area (Å²) in [5, 5.41) is 5.12. The van der Waals surface area contributed by atoms with Gasteiger partial charge in [-0.05, 0) is 40.0 Å². The van der Waals surface area contributed by atoms with E-state index in [2.05, 4.69) is 10.6 Å². The zero-order chi connectivity index (χ0) is 18.8. The Bertz CT molecular complexity index is 571. The van der Waals surface area contributed by atoms with Crippen molar-refractivity contribution in [3.63, 3.8) is 0 Å². The normalized spacial score (nSPS) is 26.9. The zero-order valence-corrected chi connectivity index (χ0v) is 15.0. The molecule has 0 saturated carbocycles. The van der Waals surface area contributed by atoms with Crippen LogP contribution in [0.3, 0.4) is 0 Å².